The first-order chi connectivity index (χ1) is 6.45. The van der Waals surface area contributed by atoms with Crippen LogP contribution in [0.3, 0.4) is 0 Å². The highest BCUT2D eigenvalue weighted by molar-refractivity contribution is 6.56. The first kappa shape index (κ1) is 14.1. The van der Waals surface area contributed by atoms with Crippen molar-refractivity contribution in [2.24, 2.45) is 5.73 Å². The van der Waals surface area contributed by atoms with E-state index in [1.807, 2.05) is 0 Å². The van der Waals surface area contributed by atoms with Crippen molar-refractivity contribution in [3.05, 3.63) is 0 Å². The monoisotopic (exact) mass is 221 g/mol. The number of nitrogens with two attached hydrogens (primary N) is 1. The summed E-state index contributed by atoms with van der Waals surface area (Å²) in [5.74, 6) is 0. The van der Waals surface area contributed by atoms with Gasteiger partial charge in [0.25, 0.3) is 0 Å². The Kier molecular flexibility index (Phi) is 7.39. The molecule has 1 aliphatic rings. The van der Waals surface area contributed by atoms with Crippen LogP contribution in [0.5, 0.6) is 0 Å². The van der Waals surface area contributed by atoms with Gasteiger partial charge in [0.1, 0.15) is 0 Å². The summed E-state index contributed by atoms with van der Waals surface area (Å²) in [5, 5.41) is 0. The molecule has 1 rings (SSSR count). The largest absolute Gasteiger partial charge is 0.492 e. The number of rotatable bonds is 2. The van der Waals surface area contributed by atoms with E-state index in [2.05, 4.69) is 0 Å². The Morgan fingerprint density at radius 3 is 1.79 bits per heavy atom. The Labute approximate surface area is 87.1 Å². The summed E-state index contributed by atoms with van der Waals surface area (Å²) in [6.07, 6.45) is 7.28. The van der Waals surface area contributed by atoms with Gasteiger partial charge in [-0.1, -0.05) is 32.6 Å². The van der Waals surface area contributed by atoms with Crippen LogP contribution in [-0.2, 0) is 0 Å². The maximum atomic E-state index is 8.27. The molecular weight excluding hydrogens is 198 g/mol. The Hall–Kier alpha value is 0.0569. The van der Waals surface area contributed by atoms with E-state index in [1.54, 1.807) is 6.92 Å². The Morgan fingerprint density at radius 1 is 1.14 bits per heavy atom. The molecule has 0 heterocycles. The predicted molar refractivity (Wildman–Crippen MR) is 58.6 cm³/mol. The van der Waals surface area contributed by atoms with Crippen LogP contribution in [0, 0.1) is 0 Å². The highest BCUT2D eigenvalue weighted by Crippen LogP contribution is 2.14. The van der Waals surface area contributed by atoms with Crippen molar-refractivity contribution in [1.82, 2.24) is 0 Å². The third-order valence-corrected chi connectivity index (χ3v) is 3.41. The third kappa shape index (κ3) is 10.1. The maximum Gasteiger partial charge on any atom is 0.492 e. The van der Waals surface area contributed by atoms with Crippen LogP contribution >= 0.6 is 0 Å². The van der Waals surface area contributed by atoms with Crippen LogP contribution in [0.15, 0.2) is 0 Å². The molecule has 5 heteroatoms. The lowest BCUT2D eigenvalue weighted by Crippen LogP contribution is -2.33. The molecule has 0 aromatic heterocycles. The minimum absolute atomic E-state index is 0.146. The molecule has 4 nitrogen and oxygen atoms in total. The minimum Gasteiger partial charge on any atom is -0.390 e. The van der Waals surface area contributed by atoms with Gasteiger partial charge in [-0.15, -0.1) is 0 Å². The van der Waals surface area contributed by atoms with Gasteiger partial charge in [-0.2, -0.15) is 0 Å². The first-order valence-electron chi connectivity index (χ1n) is 5.38. The molecule has 5 N–H and O–H groups in total. The van der Waals surface area contributed by atoms with Gasteiger partial charge in [-0.3, -0.25) is 0 Å². The lowest BCUT2D eigenvalue weighted by Gasteiger charge is -2.15. The lowest BCUT2D eigenvalue weighted by molar-refractivity contribution is 0.227. The first-order valence-corrected chi connectivity index (χ1v) is 7.43. The van der Waals surface area contributed by atoms with Crippen molar-refractivity contribution in [1.29, 1.82) is 0 Å². The fourth-order valence-electron chi connectivity index (χ4n) is 1.47. The van der Waals surface area contributed by atoms with Crippen LogP contribution in [0.25, 0.3) is 0 Å². The zero-order chi connectivity index (χ0) is 11.0. The summed E-state index contributed by atoms with van der Waals surface area (Å²) >= 11 is 0. The van der Waals surface area contributed by atoms with Crippen LogP contribution in [0.2, 0.25) is 6.04 Å². The molecule has 0 saturated heterocycles. The average molecular weight is 221 g/mol. The van der Waals surface area contributed by atoms with Crippen LogP contribution < -0.4 is 5.73 Å². The van der Waals surface area contributed by atoms with E-state index in [9.17, 15) is 0 Å². The van der Waals surface area contributed by atoms with Gasteiger partial charge in [0.2, 0.25) is 0 Å². The van der Waals surface area contributed by atoms with Crippen LogP contribution in [-0.4, -0.2) is 29.2 Å². The van der Waals surface area contributed by atoms with Crippen molar-refractivity contribution in [3.8, 4) is 0 Å². The fourth-order valence-corrected chi connectivity index (χ4v) is 2.14. The van der Waals surface area contributed by atoms with E-state index in [0.717, 1.165) is 0 Å². The van der Waals surface area contributed by atoms with E-state index in [1.165, 1.54) is 32.1 Å². The molecule has 0 bridgehead atoms. The molecule has 0 aromatic rings. The van der Waals surface area contributed by atoms with Crippen molar-refractivity contribution >= 4 is 8.80 Å². The molecule has 1 aliphatic carbocycles. The summed E-state index contributed by atoms with van der Waals surface area (Å²) in [7, 11) is -3.66. The Bertz CT molecular complexity index is 133. The van der Waals surface area contributed by atoms with Gasteiger partial charge in [0.15, 0.2) is 0 Å². The van der Waals surface area contributed by atoms with Gasteiger partial charge in [0.05, 0.1) is 0 Å². The van der Waals surface area contributed by atoms with Crippen LogP contribution in [0.4, 0.5) is 0 Å². The number of hydrogen-bond acceptors (Lipinski definition) is 4. The molecule has 0 atom stereocenters. The minimum atomic E-state index is -3.66. The fraction of sp³-hybridized carbons (Fsp3) is 1.00. The van der Waals surface area contributed by atoms with E-state index in [4.69, 9.17) is 20.1 Å². The van der Waals surface area contributed by atoms with E-state index in [0.29, 0.717) is 12.5 Å². The second-order valence-electron chi connectivity index (χ2n) is 3.92. The molecule has 1 fully saturated rings. The summed E-state index contributed by atoms with van der Waals surface area (Å²) in [4.78, 5) is 24.8. The summed E-state index contributed by atoms with van der Waals surface area (Å²) in [5.41, 5.74) is 5.63. The highest BCUT2D eigenvalue weighted by Gasteiger charge is 2.24. The summed E-state index contributed by atoms with van der Waals surface area (Å²) in [6, 6.07) is 0.682. The molecule has 1 saturated carbocycles. The SMILES string of the molecule is CCC[Si](O)(O)O.NC1CCCCC1. The summed E-state index contributed by atoms with van der Waals surface area (Å²) in [6.45, 7) is 1.78. The van der Waals surface area contributed by atoms with Gasteiger partial charge < -0.3 is 20.1 Å². The van der Waals surface area contributed by atoms with Crippen molar-refractivity contribution in [2.45, 2.75) is 57.5 Å². The lowest BCUT2D eigenvalue weighted by atomic mass is 9.97. The maximum absolute atomic E-state index is 8.27. The second kappa shape index (κ2) is 7.36. The standard InChI is InChI=1S/C6H13N.C3H10O3Si/c7-6-4-2-1-3-5-6;1-2-3-7(4,5)6/h6H,1-5,7H2;4-6H,2-3H2,1H3. The van der Waals surface area contributed by atoms with Crippen molar-refractivity contribution < 1.29 is 14.4 Å². The Balaban J connectivity index is 0.000000241. The zero-order valence-electron chi connectivity index (χ0n) is 8.95. The quantitative estimate of drug-likeness (QED) is 0.514. The van der Waals surface area contributed by atoms with E-state index < -0.39 is 8.80 Å². The molecule has 0 unspecified atom stereocenters. The molecule has 0 amide bonds. The van der Waals surface area contributed by atoms with Gasteiger partial charge in [0, 0.05) is 12.1 Å². The topological polar surface area (TPSA) is 86.7 Å². The van der Waals surface area contributed by atoms with Crippen LogP contribution in [0.1, 0.15) is 45.4 Å². The average Bonchev–Trinajstić information content (AvgIpc) is 2.04. The summed E-state index contributed by atoms with van der Waals surface area (Å²) < 4.78 is 0. The predicted octanol–water partition coefficient (Wildman–Crippen LogP) is 0.590. The zero-order valence-corrected chi connectivity index (χ0v) is 9.95. The van der Waals surface area contributed by atoms with Gasteiger partial charge in [-0.25, -0.2) is 0 Å². The van der Waals surface area contributed by atoms with Crippen molar-refractivity contribution in [2.75, 3.05) is 0 Å². The van der Waals surface area contributed by atoms with E-state index in [-0.39, 0.29) is 6.04 Å². The molecule has 0 aromatic carbocycles. The van der Waals surface area contributed by atoms with E-state index >= 15 is 0 Å². The molecule has 14 heavy (non-hydrogen) atoms. The van der Waals surface area contributed by atoms with Gasteiger partial charge >= 0.3 is 8.80 Å². The van der Waals surface area contributed by atoms with Crippen molar-refractivity contribution in [3.63, 3.8) is 0 Å². The normalized spacial score (nSPS) is 18.6. The second-order valence-corrected chi connectivity index (χ2v) is 5.97. The molecule has 0 spiro atoms. The molecule has 0 aliphatic heterocycles. The molecule has 86 valence electrons. The smallest absolute Gasteiger partial charge is 0.390 e. The van der Waals surface area contributed by atoms with Gasteiger partial charge in [-0.05, 0) is 12.8 Å². The molecule has 0 radical (unpaired) electrons. The molecular formula is C9H23NO3Si. The highest BCUT2D eigenvalue weighted by atomic mass is 28.4. The third-order valence-electron chi connectivity index (χ3n) is 2.24. The Morgan fingerprint density at radius 2 is 1.64 bits per heavy atom. The number of hydrogen-bond donors (Lipinski definition) is 4.